The lowest BCUT2D eigenvalue weighted by Crippen LogP contribution is -2.58. The first kappa shape index (κ1) is 28.4. The van der Waals surface area contributed by atoms with Gasteiger partial charge in [-0.2, -0.15) is 0 Å². The predicted octanol–water partition coefficient (Wildman–Crippen LogP) is 2.63. The summed E-state index contributed by atoms with van der Waals surface area (Å²) in [5.41, 5.74) is 6.96. The van der Waals surface area contributed by atoms with Crippen LogP contribution >= 0.6 is 11.8 Å². The fourth-order valence-electron chi connectivity index (χ4n) is 5.19. The molecule has 0 aliphatic carbocycles. The minimum absolute atomic E-state index is 0.0919. The third kappa shape index (κ3) is 5.83. The maximum absolute atomic E-state index is 13.7. The zero-order valence-corrected chi connectivity index (χ0v) is 23.5. The third-order valence-corrected chi connectivity index (χ3v) is 8.83. The second-order valence-corrected chi connectivity index (χ2v) is 13.0. The second kappa shape index (κ2) is 10.8. The van der Waals surface area contributed by atoms with Gasteiger partial charge in [0.2, 0.25) is 15.9 Å². The number of hydrogen-bond acceptors (Lipinski definition) is 6. The fraction of sp³-hybridized carbons (Fsp3) is 0.481. The molecule has 0 radical (unpaired) electrons. The van der Waals surface area contributed by atoms with E-state index in [1.54, 1.807) is 4.90 Å². The summed E-state index contributed by atoms with van der Waals surface area (Å²) in [6.07, 6.45) is 2.38. The fourth-order valence-corrected chi connectivity index (χ4v) is 6.54. The summed E-state index contributed by atoms with van der Waals surface area (Å²) in [6, 6.07) is 16.0. The Bertz CT molecular complexity index is 1270. The van der Waals surface area contributed by atoms with Crippen LogP contribution in [0.1, 0.15) is 37.8 Å². The van der Waals surface area contributed by atoms with Crippen LogP contribution in [0.25, 0.3) is 0 Å². The zero-order chi connectivity index (χ0) is 27.7. The van der Waals surface area contributed by atoms with Gasteiger partial charge in [-0.3, -0.25) is 13.9 Å². The van der Waals surface area contributed by atoms with E-state index in [2.05, 4.69) is 0 Å². The maximum Gasteiger partial charge on any atom is 0.257 e. The first-order valence-corrected chi connectivity index (χ1v) is 14.8. The van der Waals surface area contributed by atoms with Crippen LogP contribution in [-0.4, -0.2) is 73.6 Å². The van der Waals surface area contributed by atoms with E-state index in [1.807, 2.05) is 54.6 Å². The molecule has 1 saturated heterocycles. The summed E-state index contributed by atoms with van der Waals surface area (Å²) in [5.74, 6) is -0.908. The number of carbonyl (C=O) groups is 2. The molecule has 0 bridgehead atoms. The molecule has 2 N–H and O–H groups in total. The van der Waals surface area contributed by atoms with Gasteiger partial charge >= 0.3 is 0 Å². The average molecular weight is 563 g/mol. The molecule has 9 nitrogen and oxygen atoms in total. The molecule has 2 aliphatic rings. The van der Waals surface area contributed by atoms with Crippen molar-refractivity contribution in [2.24, 2.45) is 5.73 Å². The van der Waals surface area contributed by atoms with Crippen LogP contribution in [-0.2, 0) is 36.4 Å². The van der Waals surface area contributed by atoms with E-state index in [0.29, 0.717) is 38.2 Å². The molecule has 38 heavy (non-hydrogen) atoms. The Balaban J connectivity index is 1.50. The van der Waals surface area contributed by atoms with Gasteiger partial charge in [0.1, 0.15) is 0 Å². The molecule has 0 aromatic heterocycles. The van der Waals surface area contributed by atoms with Gasteiger partial charge in [-0.1, -0.05) is 48.5 Å². The highest BCUT2D eigenvalue weighted by Crippen LogP contribution is 2.47. The number of nitrogens with zero attached hydrogens (tertiary/aromatic N) is 3. The second-order valence-electron chi connectivity index (χ2n) is 10.7. The minimum atomic E-state index is -3.44. The van der Waals surface area contributed by atoms with Crippen molar-refractivity contribution in [3.63, 3.8) is 0 Å². The Morgan fingerprint density at radius 3 is 2.32 bits per heavy atom. The largest absolute Gasteiger partial charge is 0.374 e. The number of carbonyl (C=O) groups excluding carboxylic acids is 2. The predicted molar refractivity (Wildman–Crippen MR) is 147 cm³/mol. The standard InChI is InChI=1S/C27H35ClN4O5S/c1-26(2,29)25(34)32(28)23(18-37-17-20-9-5-4-6-10-20)24(33)30-15-13-27(14-16-30)19-31(38(3,35)36)22-12-8-7-11-21(22)27/h4-12,23H,13-19,29H2,1-3H3/t23-/m1/s1. The number of anilines is 1. The highest BCUT2D eigenvalue weighted by atomic mass is 35.5. The number of nitrogens with two attached hydrogens (primary N) is 1. The van der Waals surface area contributed by atoms with Crippen LogP contribution in [0.2, 0.25) is 0 Å². The van der Waals surface area contributed by atoms with Gasteiger partial charge in [0.25, 0.3) is 5.91 Å². The summed E-state index contributed by atoms with van der Waals surface area (Å²) in [6.45, 7) is 4.37. The van der Waals surface area contributed by atoms with Gasteiger partial charge in [-0.05, 0) is 43.9 Å². The highest BCUT2D eigenvalue weighted by molar-refractivity contribution is 7.92. The van der Waals surface area contributed by atoms with E-state index < -0.39 is 27.5 Å². The molecule has 4 rings (SSSR count). The number of rotatable bonds is 8. The van der Waals surface area contributed by atoms with Crippen molar-refractivity contribution >= 4 is 39.3 Å². The number of amides is 2. The lowest BCUT2D eigenvalue weighted by Gasteiger charge is -2.41. The van der Waals surface area contributed by atoms with Crippen LogP contribution in [0.5, 0.6) is 0 Å². The topological polar surface area (TPSA) is 113 Å². The summed E-state index contributed by atoms with van der Waals surface area (Å²) in [5, 5.41) is 0. The number of piperidine rings is 1. The first-order valence-electron chi connectivity index (χ1n) is 12.6. The highest BCUT2D eigenvalue weighted by Gasteiger charge is 2.48. The van der Waals surface area contributed by atoms with Crippen molar-refractivity contribution in [1.29, 1.82) is 0 Å². The van der Waals surface area contributed by atoms with Crippen molar-refractivity contribution < 1.29 is 22.7 Å². The molecule has 0 unspecified atom stereocenters. The molecule has 2 aromatic carbocycles. The van der Waals surface area contributed by atoms with Crippen molar-refractivity contribution in [1.82, 2.24) is 9.32 Å². The molecule has 11 heteroatoms. The maximum atomic E-state index is 13.7. The number of hydrogen-bond donors (Lipinski definition) is 1. The lowest BCUT2D eigenvalue weighted by atomic mass is 9.74. The molecule has 2 aromatic rings. The molecular formula is C27H35ClN4O5S. The Morgan fingerprint density at radius 1 is 1.11 bits per heavy atom. The van der Waals surface area contributed by atoms with Crippen molar-refractivity contribution in [3.05, 3.63) is 65.7 Å². The molecule has 1 fully saturated rings. The van der Waals surface area contributed by atoms with E-state index in [9.17, 15) is 18.0 Å². The van der Waals surface area contributed by atoms with E-state index in [0.717, 1.165) is 15.5 Å². The van der Waals surface area contributed by atoms with Crippen molar-refractivity contribution in [2.45, 2.75) is 50.3 Å². The normalized spacial score (nSPS) is 17.8. The number of sulfonamides is 1. The van der Waals surface area contributed by atoms with Gasteiger partial charge < -0.3 is 15.4 Å². The molecule has 2 aliphatic heterocycles. The molecule has 2 heterocycles. The SMILES string of the molecule is CC(C)(N)C(=O)N(Cl)[C@H](COCc1ccccc1)C(=O)N1CCC2(CC1)CN(S(C)(=O)=O)c1ccccc12. The first-order chi connectivity index (χ1) is 17.8. The Morgan fingerprint density at radius 2 is 1.71 bits per heavy atom. The van der Waals surface area contributed by atoms with Crippen LogP contribution in [0.4, 0.5) is 5.69 Å². The van der Waals surface area contributed by atoms with Crippen molar-refractivity contribution in [3.8, 4) is 0 Å². The average Bonchev–Trinajstić information content (AvgIpc) is 3.20. The Kier molecular flexibility index (Phi) is 8.09. The molecule has 1 atom stereocenters. The molecular weight excluding hydrogens is 528 g/mol. The molecule has 1 spiro atoms. The van der Waals surface area contributed by atoms with Gasteiger partial charge in [-0.15, -0.1) is 0 Å². The van der Waals surface area contributed by atoms with Gasteiger partial charge in [0.05, 0.1) is 30.7 Å². The third-order valence-electron chi connectivity index (χ3n) is 7.31. The van der Waals surface area contributed by atoms with Crippen LogP contribution < -0.4 is 10.0 Å². The summed E-state index contributed by atoms with van der Waals surface area (Å²) >= 11 is 6.44. The van der Waals surface area contributed by atoms with E-state index in [-0.39, 0.29) is 24.5 Å². The number of para-hydroxylation sites is 1. The molecule has 2 amide bonds. The Labute approximate surface area is 229 Å². The molecule has 206 valence electrons. The number of ether oxygens (including phenoxy) is 1. The monoisotopic (exact) mass is 562 g/mol. The molecule has 0 saturated carbocycles. The summed E-state index contributed by atoms with van der Waals surface area (Å²) in [7, 11) is -3.44. The number of likely N-dealkylation sites (tertiary alicyclic amines) is 1. The number of benzene rings is 2. The summed E-state index contributed by atoms with van der Waals surface area (Å²) < 4.78 is 33.1. The van der Waals surface area contributed by atoms with Crippen LogP contribution in [0.15, 0.2) is 54.6 Å². The Hall–Kier alpha value is -2.66. The lowest BCUT2D eigenvalue weighted by molar-refractivity contribution is -0.146. The smallest absolute Gasteiger partial charge is 0.257 e. The van der Waals surface area contributed by atoms with Crippen LogP contribution in [0, 0.1) is 0 Å². The van der Waals surface area contributed by atoms with Crippen LogP contribution in [0.3, 0.4) is 0 Å². The van der Waals surface area contributed by atoms with E-state index in [4.69, 9.17) is 22.2 Å². The zero-order valence-electron chi connectivity index (χ0n) is 22.0. The van der Waals surface area contributed by atoms with Gasteiger partial charge in [-0.25, -0.2) is 12.8 Å². The number of fused-ring (bicyclic) bond motifs is 2. The van der Waals surface area contributed by atoms with E-state index in [1.165, 1.54) is 24.4 Å². The number of halogens is 1. The van der Waals surface area contributed by atoms with Gasteiger partial charge in [0.15, 0.2) is 6.04 Å². The van der Waals surface area contributed by atoms with Gasteiger partial charge in [0, 0.05) is 36.8 Å². The quantitative estimate of drug-likeness (QED) is 0.495. The van der Waals surface area contributed by atoms with E-state index >= 15 is 0 Å². The summed E-state index contributed by atoms with van der Waals surface area (Å²) in [4.78, 5) is 28.3. The minimum Gasteiger partial charge on any atom is -0.374 e. The van der Waals surface area contributed by atoms with Crippen molar-refractivity contribution in [2.75, 3.05) is 36.8 Å².